The van der Waals surface area contributed by atoms with E-state index in [1.807, 2.05) is 0 Å². The number of hydrogen-bond acceptors (Lipinski definition) is 9. The van der Waals surface area contributed by atoms with Crippen molar-refractivity contribution in [3.63, 3.8) is 0 Å². The number of fused-ring (bicyclic) bond motifs is 5. The van der Waals surface area contributed by atoms with Crippen LogP contribution in [0.3, 0.4) is 0 Å². The first-order valence-electron chi connectivity index (χ1n) is 9.10. The van der Waals surface area contributed by atoms with Crippen LogP contribution in [0.4, 0.5) is 11.4 Å². The van der Waals surface area contributed by atoms with E-state index in [1.54, 1.807) is 6.08 Å². The fourth-order valence-electron chi connectivity index (χ4n) is 4.24. The van der Waals surface area contributed by atoms with Crippen LogP contribution in [0.25, 0.3) is 0 Å². The quantitative estimate of drug-likeness (QED) is 0.149. The lowest BCUT2D eigenvalue weighted by Crippen LogP contribution is -2.52. The molecule has 0 aromatic heterocycles. The minimum Gasteiger partial charge on any atom is -0.422 e. The molecule has 2 saturated heterocycles. The Kier molecular flexibility index (Phi) is 4.93. The van der Waals surface area contributed by atoms with Crippen LogP contribution in [0.1, 0.15) is 13.8 Å². The summed E-state index contributed by atoms with van der Waals surface area (Å²) in [6, 6.07) is 3.65. The molecule has 0 radical (unpaired) electrons. The van der Waals surface area contributed by atoms with Gasteiger partial charge in [-0.15, -0.1) is 0 Å². The maximum Gasteiger partial charge on any atom is 0.305 e. The summed E-state index contributed by atoms with van der Waals surface area (Å²) >= 11 is 3.18. The number of amides is 2. The maximum atomic E-state index is 13.4. The van der Waals surface area contributed by atoms with Crippen LogP contribution >= 0.6 is 15.9 Å². The molecule has 2 bridgehead atoms. The van der Waals surface area contributed by atoms with Gasteiger partial charge in [-0.1, -0.05) is 6.08 Å². The Bertz CT molecular complexity index is 1050. The number of nitro benzene ring substituents is 1. The number of nitrogens with zero attached hydrogens (tertiary/aromatic N) is 2. The van der Waals surface area contributed by atoms with Gasteiger partial charge in [0.25, 0.3) is 12.0 Å². The highest BCUT2D eigenvalue weighted by atomic mass is 79.9. The largest absolute Gasteiger partial charge is 0.422 e. The molecule has 3 aliphatic rings. The van der Waals surface area contributed by atoms with Gasteiger partial charge in [-0.05, 0) is 28.1 Å². The van der Waals surface area contributed by atoms with Crippen LogP contribution in [0, 0.1) is 22.0 Å². The van der Waals surface area contributed by atoms with Gasteiger partial charge in [0, 0.05) is 30.5 Å². The van der Waals surface area contributed by atoms with E-state index in [0.717, 1.165) is 18.7 Å². The van der Waals surface area contributed by atoms with E-state index in [-0.39, 0.29) is 15.8 Å². The predicted molar refractivity (Wildman–Crippen MR) is 104 cm³/mol. The minimum atomic E-state index is -1.67. The Hall–Kier alpha value is -3.12. The van der Waals surface area contributed by atoms with E-state index in [2.05, 4.69) is 15.9 Å². The highest BCUT2D eigenvalue weighted by Gasteiger charge is 2.72. The molecule has 3 aliphatic heterocycles. The van der Waals surface area contributed by atoms with Crippen molar-refractivity contribution in [3.05, 3.63) is 44.9 Å². The highest BCUT2D eigenvalue weighted by molar-refractivity contribution is 9.10. The molecule has 2 fully saturated rings. The number of carbonyl (C=O) groups is 4. The van der Waals surface area contributed by atoms with Gasteiger partial charge < -0.3 is 14.2 Å². The molecule has 162 valence electrons. The molecule has 0 spiro atoms. The Morgan fingerprint density at radius 3 is 2.42 bits per heavy atom. The van der Waals surface area contributed by atoms with Crippen LogP contribution < -0.4 is 4.90 Å². The van der Waals surface area contributed by atoms with Gasteiger partial charge in [0.2, 0.25) is 11.8 Å². The molecule has 2 amide bonds. The summed E-state index contributed by atoms with van der Waals surface area (Å²) in [5.74, 6) is -4.84. The molecule has 0 aliphatic carbocycles. The number of ether oxygens (including phenoxy) is 3. The lowest BCUT2D eigenvalue weighted by Gasteiger charge is -2.34. The molecule has 12 heteroatoms. The average Bonchev–Trinajstić information content (AvgIpc) is 3.32. The molecule has 1 aromatic rings. The first-order chi connectivity index (χ1) is 14.6. The third-order valence-corrected chi connectivity index (χ3v) is 6.01. The molecular weight excluding hydrogens is 480 g/mol. The zero-order chi connectivity index (χ0) is 22.7. The summed E-state index contributed by atoms with van der Waals surface area (Å²) in [7, 11) is 0. The van der Waals surface area contributed by atoms with E-state index in [4.69, 9.17) is 14.2 Å². The number of hydrogen-bond donors (Lipinski definition) is 0. The maximum absolute atomic E-state index is 13.4. The molecule has 4 rings (SSSR count). The SMILES string of the molecule is CC(=O)OC(OC(C)=O)[C@@]12C=C[C@@H](O1)[C@H]1C(=O)N(c3ccc([N+](=O)[O-])cc3Br)C(=O)[C@H]12. The second kappa shape index (κ2) is 7.24. The standard InChI is InChI=1S/C19H15BrN2O9/c1-8(23)29-18(30-9(2)24)19-6-5-13(31-19)14-15(19)17(26)21(16(14)25)12-4-3-10(22(27)28)7-11(12)20/h3-7,13-15,18H,1-2H3/t13-,14-,15+,19+/m1/s1. The van der Waals surface area contributed by atoms with Gasteiger partial charge in [0.15, 0.2) is 5.60 Å². The Balaban J connectivity index is 1.75. The van der Waals surface area contributed by atoms with Gasteiger partial charge in [-0.3, -0.25) is 29.3 Å². The number of rotatable bonds is 5. The number of nitro groups is 1. The first kappa shape index (κ1) is 21.1. The molecule has 4 atom stereocenters. The summed E-state index contributed by atoms with van der Waals surface area (Å²) in [6.07, 6.45) is 0.656. The fourth-order valence-corrected chi connectivity index (χ4v) is 4.79. The van der Waals surface area contributed by atoms with Crippen LogP contribution in [0.2, 0.25) is 0 Å². The second-order valence-electron chi connectivity index (χ2n) is 7.25. The normalized spacial score (nSPS) is 28.3. The molecule has 0 unspecified atom stereocenters. The van der Waals surface area contributed by atoms with Crippen molar-refractivity contribution in [2.24, 2.45) is 11.8 Å². The number of non-ortho nitro benzene ring substituents is 1. The fraction of sp³-hybridized carbons (Fsp3) is 0.368. The molecule has 31 heavy (non-hydrogen) atoms. The van der Waals surface area contributed by atoms with Crippen molar-refractivity contribution < 1.29 is 38.3 Å². The van der Waals surface area contributed by atoms with Gasteiger partial charge >= 0.3 is 11.9 Å². The zero-order valence-electron chi connectivity index (χ0n) is 16.1. The average molecular weight is 495 g/mol. The van der Waals surface area contributed by atoms with Crippen molar-refractivity contribution in [3.8, 4) is 0 Å². The Labute approximate surface area is 183 Å². The minimum absolute atomic E-state index is 0.126. The van der Waals surface area contributed by atoms with E-state index >= 15 is 0 Å². The van der Waals surface area contributed by atoms with Crippen LogP contribution in [0.15, 0.2) is 34.8 Å². The molecular formula is C19H15BrN2O9. The van der Waals surface area contributed by atoms with Gasteiger partial charge in [0.1, 0.15) is 0 Å². The highest BCUT2D eigenvalue weighted by Crippen LogP contribution is 2.55. The number of carbonyl (C=O) groups excluding carboxylic acids is 4. The summed E-state index contributed by atoms with van der Waals surface area (Å²) in [6.45, 7) is 2.22. The van der Waals surface area contributed by atoms with E-state index < -0.39 is 58.5 Å². The van der Waals surface area contributed by atoms with Crippen molar-refractivity contribution in [1.82, 2.24) is 0 Å². The summed E-state index contributed by atoms with van der Waals surface area (Å²) in [5.41, 5.74) is -1.76. The molecule has 3 heterocycles. The molecule has 0 saturated carbocycles. The zero-order valence-corrected chi connectivity index (χ0v) is 17.7. The number of esters is 2. The summed E-state index contributed by atoms with van der Waals surface area (Å²) in [4.78, 5) is 61.1. The van der Waals surface area contributed by atoms with Crippen molar-refractivity contribution in [2.45, 2.75) is 31.8 Å². The van der Waals surface area contributed by atoms with Crippen molar-refractivity contribution >= 4 is 51.1 Å². The van der Waals surface area contributed by atoms with Crippen molar-refractivity contribution in [2.75, 3.05) is 4.90 Å². The van der Waals surface area contributed by atoms with Gasteiger partial charge in [0.05, 0.1) is 28.6 Å². The Morgan fingerprint density at radius 2 is 1.87 bits per heavy atom. The van der Waals surface area contributed by atoms with E-state index in [0.29, 0.717) is 0 Å². The Morgan fingerprint density at radius 1 is 1.23 bits per heavy atom. The lowest BCUT2D eigenvalue weighted by atomic mass is 9.76. The van der Waals surface area contributed by atoms with Crippen LogP contribution in [-0.2, 0) is 33.4 Å². The van der Waals surface area contributed by atoms with Gasteiger partial charge in [-0.25, -0.2) is 4.90 Å². The van der Waals surface area contributed by atoms with Gasteiger partial charge in [-0.2, -0.15) is 0 Å². The predicted octanol–water partition coefficient (Wildman–Crippen LogP) is 1.62. The molecule has 11 nitrogen and oxygen atoms in total. The monoisotopic (exact) mass is 494 g/mol. The smallest absolute Gasteiger partial charge is 0.305 e. The lowest BCUT2D eigenvalue weighted by molar-refractivity contribution is -0.384. The second-order valence-corrected chi connectivity index (χ2v) is 8.11. The van der Waals surface area contributed by atoms with Crippen molar-refractivity contribution in [1.29, 1.82) is 0 Å². The van der Waals surface area contributed by atoms with E-state index in [1.165, 1.54) is 24.3 Å². The molecule has 0 N–H and O–H groups in total. The van der Waals surface area contributed by atoms with E-state index in [9.17, 15) is 29.3 Å². The first-order valence-corrected chi connectivity index (χ1v) is 9.89. The third kappa shape index (κ3) is 3.13. The number of halogens is 1. The number of benzene rings is 1. The number of imide groups is 1. The van der Waals surface area contributed by atoms with Crippen LogP contribution in [-0.4, -0.2) is 46.7 Å². The third-order valence-electron chi connectivity index (χ3n) is 5.38. The van der Waals surface area contributed by atoms with Crippen LogP contribution in [0.5, 0.6) is 0 Å². The topological polar surface area (TPSA) is 142 Å². The summed E-state index contributed by atoms with van der Waals surface area (Å²) in [5, 5.41) is 11.0. The summed E-state index contributed by atoms with van der Waals surface area (Å²) < 4.78 is 16.3. The number of anilines is 1. The molecule has 1 aromatic carbocycles.